The molecule has 0 unspecified atom stereocenters. The van der Waals surface area contributed by atoms with Crippen LogP contribution in [0.2, 0.25) is 0 Å². The fraction of sp³-hybridized carbons (Fsp3) is 0.238. The topological polar surface area (TPSA) is 38.1 Å². The van der Waals surface area contributed by atoms with Gasteiger partial charge in [-0.05, 0) is 37.0 Å². The lowest BCUT2D eigenvalue weighted by atomic mass is 10.0. The summed E-state index contributed by atoms with van der Waals surface area (Å²) in [6.07, 6.45) is 6.74. The number of imidazole rings is 1. The highest BCUT2D eigenvalue weighted by Gasteiger charge is 2.26. The van der Waals surface area contributed by atoms with Gasteiger partial charge in [0.25, 0.3) is 5.91 Å². The van der Waals surface area contributed by atoms with Crippen LogP contribution in [0.4, 0.5) is 4.39 Å². The van der Waals surface area contributed by atoms with E-state index in [9.17, 15) is 9.18 Å². The number of hydrogen-bond acceptors (Lipinski definition) is 2. The number of rotatable bonds is 2. The van der Waals surface area contributed by atoms with E-state index >= 15 is 0 Å². The number of benzene rings is 2. The summed E-state index contributed by atoms with van der Waals surface area (Å²) in [5.74, 6) is 2.45. The Morgan fingerprint density at radius 1 is 1.15 bits per heavy atom. The molecular weight excluding hydrogens is 329 g/mol. The van der Waals surface area contributed by atoms with Crippen molar-refractivity contribution in [3.8, 4) is 23.7 Å². The molecule has 1 fully saturated rings. The minimum absolute atomic E-state index is 0.138. The minimum atomic E-state index is -0.279. The van der Waals surface area contributed by atoms with Crippen LogP contribution in [-0.2, 0) is 4.79 Å². The lowest BCUT2D eigenvalue weighted by Crippen LogP contribution is -2.38. The maximum atomic E-state index is 13.9. The molecule has 0 atom stereocenters. The van der Waals surface area contributed by atoms with Crippen LogP contribution in [0.25, 0.3) is 22.4 Å². The van der Waals surface area contributed by atoms with Crippen molar-refractivity contribution in [2.45, 2.75) is 18.9 Å². The molecule has 0 radical (unpaired) electrons. The first-order valence-electron chi connectivity index (χ1n) is 8.66. The maximum absolute atomic E-state index is 13.9. The summed E-state index contributed by atoms with van der Waals surface area (Å²) < 4.78 is 16.0. The molecule has 0 aliphatic carbocycles. The zero-order valence-corrected chi connectivity index (χ0v) is 14.2. The number of nitrogens with zero attached hydrogens (tertiary/aromatic N) is 3. The van der Waals surface area contributed by atoms with Gasteiger partial charge in [-0.2, -0.15) is 0 Å². The molecule has 2 aromatic carbocycles. The van der Waals surface area contributed by atoms with Crippen LogP contribution in [0.3, 0.4) is 0 Å². The van der Waals surface area contributed by atoms with Gasteiger partial charge >= 0.3 is 0 Å². The Labute approximate surface area is 151 Å². The minimum Gasteiger partial charge on any atom is -0.332 e. The van der Waals surface area contributed by atoms with Crippen molar-refractivity contribution in [1.29, 1.82) is 0 Å². The van der Waals surface area contributed by atoms with Crippen LogP contribution in [0.5, 0.6) is 0 Å². The molecule has 5 heteroatoms. The fourth-order valence-corrected chi connectivity index (χ4v) is 3.65. The molecule has 1 aliphatic heterocycles. The summed E-state index contributed by atoms with van der Waals surface area (Å²) in [6.45, 7) is 1.19. The zero-order chi connectivity index (χ0) is 18.1. The fourth-order valence-electron chi connectivity index (χ4n) is 3.65. The van der Waals surface area contributed by atoms with Gasteiger partial charge < -0.3 is 9.47 Å². The number of aromatic nitrogens is 2. The molecule has 1 amide bonds. The number of amides is 1. The van der Waals surface area contributed by atoms with Gasteiger partial charge in [-0.1, -0.05) is 30.3 Å². The third-order valence-electron chi connectivity index (χ3n) is 4.92. The predicted octanol–water partition coefficient (Wildman–Crippen LogP) is 3.64. The van der Waals surface area contributed by atoms with Crippen LogP contribution < -0.4 is 0 Å². The van der Waals surface area contributed by atoms with E-state index in [0.29, 0.717) is 13.1 Å². The van der Waals surface area contributed by atoms with Gasteiger partial charge in [-0.3, -0.25) is 4.79 Å². The SMILES string of the molecule is C#CC(=O)N1CCC(n2c(-c3ccccc3)nc3ccc(F)cc32)CC1. The summed E-state index contributed by atoms with van der Waals surface area (Å²) in [5.41, 5.74) is 2.55. The maximum Gasteiger partial charge on any atom is 0.298 e. The molecular formula is C21H18FN3O. The second kappa shape index (κ2) is 6.64. The van der Waals surface area contributed by atoms with Crippen LogP contribution in [0, 0.1) is 18.2 Å². The monoisotopic (exact) mass is 347 g/mol. The first-order valence-corrected chi connectivity index (χ1v) is 8.66. The average Bonchev–Trinajstić information content (AvgIpc) is 3.06. The van der Waals surface area contributed by atoms with Crippen molar-refractivity contribution in [3.63, 3.8) is 0 Å². The second-order valence-corrected chi connectivity index (χ2v) is 6.47. The van der Waals surface area contributed by atoms with Crippen molar-refractivity contribution in [1.82, 2.24) is 14.5 Å². The molecule has 4 nitrogen and oxygen atoms in total. The number of piperidine rings is 1. The van der Waals surface area contributed by atoms with Crippen LogP contribution in [0.15, 0.2) is 48.5 Å². The quantitative estimate of drug-likeness (QED) is 0.664. The number of halogens is 1. The molecule has 3 aromatic rings. The normalized spacial score (nSPS) is 15.2. The van der Waals surface area contributed by atoms with Gasteiger partial charge in [0.05, 0.1) is 11.0 Å². The smallest absolute Gasteiger partial charge is 0.298 e. The molecule has 0 spiro atoms. The van der Waals surface area contributed by atoms with E-state index in [1.165, 1.54) is 12.1 Å². The van der Waals surface area contributed by atoms with Crippen molar-refractivity contribution in [2.24, 2.45) is 0 Å². The lowest BCUT2D eigenvalue weighted by molar-refractivity contribution is -0.126. The molecule has 130 valence electrons. The molecule has 0 bridgehead atoms. The van der Waals surface area contributed by atoms with Gasteiger partial charge in [0.2, 0.25) is 0 Å². The summed E-state index contributed by atoms with van der Waals surface area (Å²) in [5, 5.41) is 0. The lowest BCUT2D eigenvalue weighted by Gasteiger charge is -2.32. The molecule has 2 heterocycles. The van der Waals surface area contributed by atoms with Gasteiger partial charge in [-0.25, -0.2) is 9.37 Å². The van der Waals surface area contributed by atoms with E-state index in [2.05, 4.69) is 10.5 Å². The van der Waals surface area contributed by atoms with Gasteiger partial charge in [0.1, 0.15) is 11.6 Å². The van der Waals surface area contributed by atoms with Gasteiger partial charge in [0, 0.05) is 24.7 Å². The first-order chi connectivity index (χ1) is 12.7. The predicted molar refractivity (Wildman–Crippen MR) is 98.8 cm³/mol. The Morgan fingerprint density at radius 2 is 1.88 bits per heavy atom. The van der Waals surface area contributed by atoms with Crippen LogP contribution >= 0.6 is 0 Å². The van der Waals surface area contributed by atoms with Crippen LogP contribution in [0.1, 0.15) is 18.9 Å². The Bertz CT molecular complexity index is 995. The molecule has 4 rings (SSSR count). The third-order valence-corrected chi connectivity index (χ3v) is 4.92. The molecule has 1 aromatic heterocycles. The molecule has 0 saturated carbocycles. The van der Waals surface area contributed by atoms with Crippen molar-refractivity contribution < 1.29 is 9.18 Å². The molecule has 26 heavy (non-hydrogen) atoms. The van der Waals surface area contributed by atoms with Gasteiger partial charge in [0.15, 0.2) is 0 Å². The number of carbonyl (C=O) groups excluding carboxylic acids is 1. The molecule has 0 N–H and O–H groups in total. The van der Waals surface area contributed by atoms with E-state index in [4.69, 9.17) is 11.4 Å². The van der Waals surface area contributed by atoms with Crippen molar-refractivity contribution in [2.75, 3.05) is 13.1 Å². The largest absolute Gasteiger partial charge is 0.332 e. The third kappa shape index (κ3) is 2.84. The molecule has 1 saturated heterocycles. The summed E-state index contributed by atoms with van der Waals surface area (Å²) in [7, 11) is 0. The van der Waals surface area contributed by atoms with Crippen LogP contribution in [-0.4, -0.2) is 33.4 Å². The standard InChI is InChI=1S/C21H18FN3O/c1-2-20(26)24-12-10-17(11-13-24)25-19-14-16(22)8-9-18(19)23-21(25)15-6-4-3-5-7-15/h1,3-9,14,17H,10-13H2. The summed E-state index contributed by atoms with van der Waals surface area (Å²) in [6, 6.07) is 14.7. The average molecular weight is 347 g/mol. The van der Waals surface area contributed by atoms with Crippen molar-refractivity contribution >= 4 is 16.9 Å². The van der Waals surface area contributed by atoms with E-state index in [-0.39, 0.29) is 17.8 Å². The number of fused-ring (bicyclic) bond motifs is 1. The van der Waals surface area contributed by atoms with E-state index in [1.54, 1.807) is 11.0 Å². The highest BCUT2D eigenvalue weighted by Crippen LogP contribution is 2.33. The van der Waals surface area contributed by atoms with E-state index in [1.807, 2.05) is 30.3 Å². The first kappa shape index (κ1) is 16.3. The Hall–Kier alpha value is -3.13. The number of likely N-dealkylation sites (tertiary alicyclic amines) is 1. The number of carbonyl (C=O) groups is 1. The zero-order valence-electron chi connectivity index (χ0n) is 14.2. The van der Waals surface area contributed by atoms with Crippen molar-refractivity contribution in [3.05, 3.63) is 54.3 Å². The van der Waals surface area contributed by atoms with E-state index < -0.39 is 0 Å². The molecule has 1 aliphatic rings. The van der Waals surface area contributed by atoms with E-state index in [0.717, 1.165) is 35.3 Å². The Morgan fingerprint density at radius 3 is 2.58 bits per heavy atom. The number of terminal acetylenes is 1. The number of hydrogen-bond donors (Lipinski definition) is 0. The highest BCUT2D eigenvalue weighted by molar-refractivity contribution is 5.93. The van der Waals surface area contributed by atoms with Gasteiger partial charge in [-0.15, -0.1) is 6.42 Å². The summed E-state index contributed by atoms with van der Waals surface area (Å²) >= 11 is 0. The summed E-state index contributed by atoms with van der Waals surface area (Å²) in [4.78, 5) is 18.2. The second-order valence-electron chi connectivity index (χ2n) is 6.47. The Balaban J connectivity index is 1.77. The highest BCUT2D eigenvalue weighted by atomic mass is 19.1. The Kier molecular flexibility index (Phi) is 4.18.